The van der Waals surface area contributed by atoms with Crippen LogP contribution in [-0.4, -0.2) is 41.8 Å². The zero-order valence-electron chi connectivity index (χ0n) is 18.1. The van der Waals surface area contributed by atoms with Crippen LogP contribution in [0.2, 0.25) is 5.02 Å². The van der Waals surface area contributed by atoms with E-state index in [0.29, 0.717) is 22.9 Å². The van der Waals surface area contributed by atoms with Crippen molar-refractivity contribution in [3.8, 4) is 5.75 Å². The predicted octanol–water partition coefficient (Wildman–Crippen LogP) is 4.82. The van der Waals surface area contributed by atoms with Crippen molar-refractivity contribution in [2.75, 3.05) is 30.9 Å². The molecule has 0 bridgehead atoms. The molecule has 0 saturated heterocycles. The van der Waals surface area contributed by atoms with Crippen LogP contribution >= 0.6 is 11.6 Å². The zero-order valence-corrected chi connectivity index (χ0v) is 18.9. The summed E-state index contributed by atoms with van der Waals surface area (Å²) >= 11 is 6.19. The monoisotopic (exact) mass is 439 g/mol. The molecule has 0 amide bonds. The highest BCUT2D eigenvalue weighted by atomic mass is 35.5. The molecule has 31 heavy (non-hydrogen) atoms. The number of aromatic nitrogens is 2. The van der Waals surface area contributed by atoms with Crippen LogP contribution in [0.5, 0.6) is 5.75 Å². The van der Waals surface area contributed by atoms with Gasteiger partial charge in [0, 0.05) is 37.1 Å². The van der Waals surface area contributed by atoms with Gasteiger partial charge in [0.15, 0.2) is 0 Å². The maximum atomic E-state index is 9.47. The second-order valence-corrected chi connectivity index (χ2v) is 8.96. The van der Waals surface area contributed by atoms with Gasteiger partial charge in [0.1, 0.15) is 11.6 Å². The number of rotatable bonds is 7. The Labute approximate surface area is 188 Å². The number of para-hydroxylation sites is 1. The Morgan fingerprint density at radius 2 is 1.84 bits per heavy atom. The Balaban J connectivity index is 1.29. The normalized spacial score (nSPS) is 18.8. The van der Waals surface area contributed by atoms with E-state index in [1.54, 1.807) is 12.1 Å². The predicted molar refractivity (Wildman–Crippen MR) is 128 cm³/mol. The summed E-state index contributed by atoms with van der Waals surface area (Å²) in [6, 6.07) is 13.7. The molecule has 7 heteroatoms. The molecular formula is C24H30ClN5O. The highest BCUT2D eigenvalue weighted by Gasteiger charge is 2.22. The summed E-state index contributed by atoms with van der Waals surface area (Å²) in [5.41, 5.74) is 1.98. The molecular weight excluding hydrogens is 410 g/mol. The number of anilines is 2. The molecule has 3 aromatic rings. The second-order valence-electron chi connectivity index (χ2n) is 8.55. The molecule has 0 atom stereocenters. The molecule has 1 aromatic heterocycles. The molecule has 4 rings (SSSR count). The van der Waals surface area contributed by atoms with E-state index in [2.05, 4.69) is 16.7 Å². The highest BCUT2D eigenvalue weighted by Crippen LogP contribution is 2.28. The van der Waals surface area contributed by atoms with Gasteiger partial charge >= 0.3 is 0 Å². The minimum absolute atomic E-state index is 0.202. The van der Waals surface area contributed by atoms with Gasteiger partial charge in [0.05, 0.1) is 5.52 Å². The fourth-order valence-electron chi connectivity index (χ4n) is 4.25. The van der Waals surface area contributed by atoms with E-state index in [4.69, 9.17) is 21.6 Å². The number of aromatic hydroxyl groups is 1. The summed E-state index contributed by atoms with van der Waals surface area (Å²) in [6.45, 7) is 1.69. The molecule has 0 spiro atoms. The van der Waals surface area contributed by atoms with Crippen molar-refractivity contribution in [1.29, 1.82) is 0 Å². The third-order valence-corrected chi connectivity index (χ3v) is 6.32. The van der Waals surface area contributed by atoms with E-state index in [9.17, 15) is 5.11 Å². The Morgan fingerprint density at radius 1 is 1.06 bits per heavy atom. The fraction of sp³-hybridized carbons (Fsp3) is 0.417. The number of fused-ring (bicyclic) bond motifs is 1. The van der Waals surface area contributed by atoms with E-state index in [1.165, 1.54) is 12.8 Å². The maximum absolute atomic E-state index is 9.47. The van der Waals surface area contributed by atoms with Crippen LogP contribution in [0.3, 0.4) is 0 Å². The third kappa shape index (κ3) is 5.38. The summed E-state index contributed by atoms with van der Waals surface area (Å²) in [7, 11) is 4.03. The van der Waals surface area contributed by atoms with Crippen LogP contribution in [0.4, 0.5) is 11.8 Å². The van der Waals surface area contributed by atoms with Crippen molar-refractivity contribution >= 4 is 34.3 Å². The SMILES string of the molecule is CN(C)c1nc(NC2CCC(CNCc3ccc(O)cc3Cl)CC2)nc2ccccc12. The molecule has 1 fully saturated rings. The number of hydrogen-bond donors (Lipinski definition) is 3. The van der Waals surface area contributed by atoms with Crippen LogP contribution in [0.1, 0.15) is 31.2 Å². The lowest BCUT2D eigenvalue weighted by atomic mass is 9.86. The standard InChI is InChI=1S/C24H30ClN5O/c1-30(2)23-20-5-3-4-6-22(20)28-24(29-23)27-18-10-7-16(8-11-18)14-26-15-17-9-12-19(31)13-21(17)25/h3-6,9,12-13,16,18,26,31H,7-8,10-11,14-15H2,1-2H3,(H,27,28,29). The molecule has 1 saturated carbocycles. The lowest BCUT2D eigenvalue weighted by Crippen LogP contribution is -2.31. The topological polar surface area (TPSA) is 73.3 Å². The number of nitrogens with zero attached hydrogens (tertiary/aromatic N) is 3. The number of hydrogen-bond acceptors (Lipinski definition) is 6. The minimum atomic E-state index is 0.202. The van der Waals surface area contributed by atoms with Crippen LogP contribution in [0, 0.1) is 5.92 Å². The van der Waals surface area contributed by atoms with Gasteiger partial charge in [-0.15, -0.1) is 0 Å². The van der Waals surface area contributed by atoms with Gasteiger partial charge < -0.3 is 20.6 Å². The van der Waals surface area contributed by atoms with E-state index < -0.39 is 0 Å². The average Bonchev–Trinajstić information content (AvgIpc) is 2.76. The number of phenolic OH excluding ortho intramolecular Hbond substituents is 1. The highest BCUT2D eigenvalue weighted by molar-refractivity contribution is 6.31. The van der Waals surface area contributed by atoms with Gasteiger partial charge in [-0.1, -0.05) is 29.8 Å². The quantitative estimate of drug-likeness (QED) is 0.490. The van der Waals surface area contributed by atoms with Gasteiger partial charge in [0.2, 0.25) is 5.95 Å². The lowest BCUT2D eigenvalue weighted by Gasteiger charge is -2.29. The number of nitrogens with one attached hydrogen (secondary N) is 2. The van der Waals surface area contributed by atoms with Gasteiger partial charge in [-0.05, 0) is 68.0 Å². The van der Waals surface area contributed by atoms with Crippen LogP contribution < -0.4 is 15.5 Å². The summed E-state index contributed by atoms with van der Waals surface area (Å²) < 4.78 is 0. The molecule has 6 nitrogen and oxygen atoms in total. The Hall–Kier alpha value is -2.57. The van der Waals surface area contributed by atoms with Gasteiger partial charge in [-0.2, -0.15) is 4.98 Å². The fourth-order valence-corrected chi connectivity index (χ4v) is 4.49. The molecule has 1 heterocycles. The molecule has 1 aliphatic carbocycles. The number of benzene rings is 2. The second kappa shape index (κ2) is 9.71. The summed E-state index contributed by atoms with van der Waals surface area (Å²) in [6.07, 6.45) is 4.56. The first kappa shape index (κ1) is 21.7. The van der Waals surface area contributed by atoms with Crippen molar-refractivity contribution in [1.82, 2.24) is 15.3 Å². The molecule has 0 unspecified atom stereocenters. The van der Waals surface area contributed by atoms with Crippen molar-refractivity contribution in [2.45, 2.75) is 38.3 Å². The summed E-state index contributed by atoms with van der Waals surface area (Å²) in [5, 5.41) is 18.2. The lowest BCUT2D eigenvalue weighted by molar-refractivity contribution is 0.324. The maximum Gasteiger partial charge on any atom is 0.225 e. The van der Waals surface area contributed by atoms with E-state index >= 15 is 0 Å². The smallest absolute Gasteiger partial charge is 0.225 e. The largest absolute Gasteiger partial charge is 0.508 e. The van der Waals surface area contributed by atoms with Crippen molar-refractivity contribution in [2.24, 2.45) is 5.92 Å². The van der Waals surface area contributed by atoms with Crippen molar-refractivity contribution in [3.05, 3.63) is 53.1 Å². The van der Waals surface area contributed by atoms with E-state index in [0.717, 1.165) is 48.2 Å². The first-order valence-corrected chi connectivity index (χ1v) is 11.3. The Kier molecular flexibility index (Phi) is 6.78. The number of phenols is 1. The molecule has 2 aromatic carbocycles. The summed E-state index contributed by atoms with van der Waals surface area (Å²) in [5.74, 6) is 2.52. The van der Waals surface area contributed by atoms with Crippen LogP contribution in [-0.2, 0) is 6.54 Å². The van der Waals surface area contributed by atoms with Crippen LogP contribution in [0.15, 0.2) is 42.5 Å². The molecule has 1 aliphatic rings. The van der Waals surface area contributed by atoms with E-state index in [1.807, 2.05) is 43.3 Å². The molecule has 0 radical (unpaired) electrons. The third-order valence-electron chi connectivity index (χ3n) is 5.97. The molecule has 164 valence electrons. The van der Waals surface area contributed by atoms with E-state index in [-0.39, 0.29) is 5.75 Å². The minimum Gasteiger partial charge on any atom is -0.508 e. The number of halogens is 1. The van der Waals surface area contributed by atoms with Crippen molar-refractivity contribution in [3.63, 3.8) is 0 Å². The molecule has 0 aliphatic heterocycles. The molecule has 3 N–H and O–H groups in total. The van der Waals surface area contributed by atoms with Gasteiger partial charge in [-0.25, -0.2) is 4.98 Å². The van der Waals surface area contributed by atoms with Gasteiger partial charge in [0.25, 0.3) is 0 Å². The zero-order chi connectivity index (χ0) is 21.8. The first-order chi connectivity index (χ1) is 15.0. The average molecular weight is 440 g/mol. The van der Waals surface area contributed by atoms with Crippen molar-refractivity contribution < 1.29 is 5.11 Å². The Morgan fingerprint density at radius 3 is 2.58 bits per heavy atom. The van der Waals surface area contributed by atoms with Gasteiger partial charge in [-0.3, -0.25) is 0 Å². The van der Waals surface area contributed by atoms with Crippen LogP contribution in [0.25, 0.3) is 10.9 Å². The summed E-state index contributed by atoms with van der Waals surface area (Å²) in [4.78, 5) is 11.5. The Bertz CT molecular complexity index is 1030. The first-order valence-electron chi connectivity index (χ1n) is 10.9.